The third-order valence-corrected chi connectivity index (χ3v) is 4.86. The van der Waals surface area contributed by atoms with E-state index in [0.717, 1.165) is 32.0 Å². The summed E-state index contributed by atoms with van der Waals surface area (Å²) in [6, 6.07) is 0. The van der Waals surface area contributed by atoms with Crippen LogP contribution in [0.1, 0.15) is 48.1 Å². The molecule has 3 heterocycles. The average Bonchev–Trinajstić information content (AvgIpc) is 3.01. The second-order valence-electron chi connectivity index (χ2n) is 6.99. The Morgan fingerprint density at radius 2 is 2.16 bits per heavy atom. The van der Waals surface area contributed by atoms with E-state index in [1.165, 1.54) is 17.4 Å². The van der Waals surface area contributed by atoms with Gasteiger partial charge in [0.05, 0.1) is 0 Å². The largest absolute Gasteiger partial charge is 0.349 e. The van der Waals surface area contributed by atoms with Crippen LogP contribution >= 0.6 is 0 Å². The molecule has 1 aliphatic rings. The minimum Gasteiger partial charge on any atom is -0.349 e. The van der Waals surface area contributed by atoms with Crippen molar-refractivity contribution in [1.82, 2.24) is 29.8 Å². The maximum atomic E-state index is 12.2. The quantitative estimate of drug-likeness (QED) is 0.784. The van der Waals surface area contributed by atoms with Crippen LogP contribution in [0.5, 0.6) is 0 Å². The first-order valence-corrected chi connectivity index (χ1v) is 8.92. The van der Waals surface area contributed by atoms with Gasteiger partial charge in [0.15, 0.2) is 0 Å². The van der Waals surface area contributed by atoms with Crippen LogP contribution in [-0.2, 0) is 0 Å². The summed E-state index contributed by atoms with van der Waals surface area (Å²) < 4.78 is 1.21. The molecule has 1 unspecified atom stereocenters. The molecule has 1 atom stereocenters. The van der Waals surface area contributed by atoms with Gasteiger partial charge in [0.1, 0.15) is 0 Å². The van der Waals surface area contributed by atoms with Gasteiger partial charge in [-0.15, -0.1) is 0 Å². The number of hydrogen-bond donors (Lipinski definition) is 2. The van der Waals surface area contributed by atoms with Gasteiger partial charge in [0, 0.05) is 24.3 Å². The van der Waals surface area contributed by atoms with Crippen LogP contribution in [0.25, 0.3) is 5.78 Å². The Kier molecular flexibility index (Phi) is 5.17. The van der Waals surface area contributed by atoms with E-state index in [1.807, 2.05) is 0 Å². The molecular formula is C17H26N6O2. The summed E-state index contributed by atoms with van der Waals surface area (Å²) in [7, 11) is 0. The van der Waals surface area contributed by atoms with Crippen LogP contribution in [0.2, 0.25) is 0 Å². The Hall–Kier alpha value is -2.22. The highest BCUT2D eigenvalue weighted by atomic mass is 16.2. The first kappa shape index (κ1) is 17.6. The fraction of sp³-hybridized carbons (Fsp3) is 0.647. The Balaban J connectivity index is 1.56. The minimum absolute atomic E-state index is 0.112. The molecule has 8 nitrogen and oxygen atoms in total. The molecule has 1 aliphatic heterocycles. The highest BCUT2D eigenvalue weighted by Gasteiger charge is 2.17. The lowest BCUT2D eigenvalue weighted by Gasteiger charge is -2.30. The summed E-state index contributed by atoms with van der Waals surface area (Å²) >= 11 is 0. The normalized spacial score (nSPS) is 18.6. The van der Waals surface area contributed by atoms with Gasteiger partial charge < -0.3 is 10.2 Å². The maximum absolute atomic E-state index is 12.2. The van der Waals surface area contributed by atoms with Gasteiger partial charge in [0.2, 0.25) is 5.82 Å². The van der Waals surface area contributed by atoms with Gasteiger partial charge in [0.25, 0.3) is 17.2 Å². The number of fused-ring (bicyclic) bond motifs is 1. The van der Waals surface area contributed by atoms with Crippen LogP contribution in [0.3, 0.4) is 0 Å². The Bertz CT molecular complexity index is 824. The number of carbonyl (C=O) groups excluding carboxylic acids is 1. The van der Waals surface area contributed by atoms with Crippen LogP contribution in [-0.4, -0.2) is 56.6 Å². The van der Waals surface area contributed by atoms with E-state index in [2.05, 4.69) is 32.2 Å². The van der Waals surface area contributed by atoms with Crippen molar-refractivity contribution in [3.05, 3.63) is 27.4 Å². The number of amides is 1. The molecule has 0 radical (unpaired) electrons. The SMILES string of the molecule is Cc1nc2nc(C(=O)NCCCN3CCCC(C)C3)[nH]n2c(=O)c1C. The molecule has 0 bridgehead atoms. The topological polar surface area (TPSA) is 95.4 Å². The third kappa shape index (κ3) is 3.89. The van der Waals surface area contributed by atoms with Crippen LogP contribution < -0.4 is 10.9 Å². The molecule has 3 rings (SSSR count). The Labute approximate surface area is 146 Å². The van der Waals surface area contributed by atoms with Crippen molar-refractivity contribution < 1.29 is 4.79 Å². The first-order valence-electron chi connectivity index (χ1n) is 8.92. The zero-order valence-electron chi connectivity index (χ0n) is 15.1. The standard InChI is InChI=1S/C17H26N6O2/c1-11-6-4-8-22(10-11)9-5-7-18-15(24)14-20-17-19-13(3)12(2)16(25)23(17)21-14/h11H,4-10H2,1-3H3,(H,18,24)(H,19,20,21). The predicted molar refractivity (Wildman–Crippen MR) is 94.9 cm³/mol. The number of likely N-dealkylation sites (tertiary alicyclic amines) is 1. The number of nitrogens with one attached hydrogen (secondary N) is 2. The number of aromatic amines is 1. The van der Waals surface area contributed by atoms with Crippen molar-refractivity contribution in [1.29, 1.82) is 0 Å². The van der Waals surface area contributed by atoms with Crippen molar-refractivity contribution in [3.8, 4) is 0 Å². The first-order chi connectivity index (χ1) is 12.0. The summed E-state index contributed by atoms with van der Waals surface area (Å²) in [6.45, 7) is 9.62. The lowest BCUT2D eigenvalue weighted by atomic mass is 10.0. The van der Waals surface area contributed by atoms with Crippen molar-refractivity contribution in [3.63, 3.8) is 0 Å². The third-order valence-electron chi connectivity index (χ3n) is 4.86. The second-order valence-corrected chi connectivity index (χ2v) is 6.99. The number of aryl methyl sites for hydroxylation is 1. The predicted octanol–water partition coefficient (Wildman–Crippen LogP) is 0.886. The van der Waals surface area contributed by atoms with Crippen LogP contribution in [0.4, 0.5) is 0 Å². The Morgan fingerprint density at radius 1 is 1.36 bits per heavy atom. The molecule has 1 saturated heterocycles. The van der Waals surface area contributed by atoms with Gasteiger partial charge >= 0.3 is 0 Å². The smallest absolute Gasteiger partial charge is 0.288 e. The van der Waals surface area contributed by atoms with Gasteiger partial charge in [-0.3, -0.25) is 14.7 Å². The summed E-state index contributed by atoms with van der Waals surface area (Å²) in [5.41, 5.74) is 0.941. The summed E-state index contributed by atoms with van der Waals surface area (Å²) in [6.07, 6.45) is 3.47. The molecule has 8 heteroatoms. The fourth-order valence-corrected chi connectivity index (χ4v) is 3.28. The van der Waals surface area contributed by atoms with E-state index in [0.29, 0.717) is 17.8 Å². The molecule has 0 spiro atoms. The van der Waals surface area contributed by atoms with Gasteiger partial charge in [-0.2, -0.15) is 9.50 Å². The van der Waals surface area contributed by atoms with Gasteiger partial charge in [-0.25, -0.2) is 4.98 Å². The van der Waals surface area contributed by atoms with Crippen molar-refractivity contribution in [2.45, 2.75) is 40.0 Å². The number of piperidine rings is 1. The van der Waals surface area contributed by atoms with E-state index >= 15 is 0 Å². The molecular weight excluding hydrogens is 320 g/mol. The van der Waals surface area contributed by atoms with E-state index in [4.69, 9.17) is 0 Å². The molecule has 2 aromatic heterocycles. The summed E-state index contributed by atoms with van der Waals surface area (Å²) in [4.78, 5) is 35.2. The van der Waals surface area contributed by atoms with Gasteiger partial charge in [-0.1, -0.05) is 6.92 Å². The van der Waals surface area contributed by atoms with E-state index in [1.54, 1.807) is 13.8 Å². The number of hydrogen-bond acceptors (Lipinski definition) is 5. The number of rotatable bonds is 5. The van der Waals surface area contributed by atoms with E-state index in [-0.39, 0.29) is 23.1 Å². The number of nitrogens with zero attached hydrogens (tertiary/aromatic N) is 4. The number of carbonyl (C=O) groups is 1. The average molecular weight is 346 g/mol. The fourth-order valence-electron chi connectivity index (χ4n) is 3.28. The lowest BCUT2D eigenvalue weighted by molar-refractivity contribution is 0.0940. The monoisotopic (exact) mass is 346 g/mol. The minimum atomic E-state index is -0.313. The molecule has 0 aromatic carbocycles. The van der Waals surface area contributed by atoms with Gasteiger partial charge in [-0.05, 0) is 52.1 Å². The van der Waals surface area contributed by atoms with Crippen molar-refractivity contribution in [2.24, 2.45) is 5.92 Å². The molecule has 2 aromatic rings. The number of H-pyrrole nitrogens is 1. The molecule has 1 fully saturated rings. The van der Waals surface area contributed by atoms with E-state index in [9.17, 15) is 9.59 Å². The molecule has 2 N–H and O–H groups in total. The molecule has 25 heavy (non-hydrogen) atoms. The highest BCUT2D eigenvalue weighted by Crippen LogP contribution is 2.15. The van der Waals surface area contributed by atoms with Crippen molar-refractivity contribution >= 4 is 11.7 Å². The van der Waals surface area contributed by atoms with Crippen LogP contribution in [0, 0.1) is 19.8 Å². The highest BCUT2D eigenvalue weighted by molar-refractivity contribution is 5.90. The summed E-state index contributed by atoms with van der Waals surface area (Å²) in [5.74, 6) is 0.783. The molecule has 136 valence electrons. The summed E-state index contributed by atoms with van der Waals surface area (Å²) in [5, 5.41) is 5.59. The zero-order valence-corrected chi connectivity index (χ0v) is 15.1. The number of aromatic nitrogens is 4. The molecule has 1 amide bonds. The van der Waals surface area contributed by atoms with Crippen LogP contribution in [0.15, 0.2) is 4.79 Å². The Morgan fingerprint density at radius 3 is 2.92 bits per heavy atom. The molecule has 0 saturated carbocycles. The zero-order chi connectivity index (χ0) is 18.0. The second kappa shape index (κ2) is 7.35. The maximum Gasteiger partial charge on any atom is 0.288 e. The van der Waals surface area contributed by atoms with E-state index < -0.39 is 0 Å². The lowest BCUT2D eigenvalue weighted by Crippen LogP contribution is -2.36. The molecule has 0 aliphatic carbocycles. The van der Waals surface area contributed by atoms with Crippen molar-refractivity contribution in [2.75, 3.05) is 26.2 Å².